The first-order valence-electron chi connectivity index (χ1n) is 11.5. The molecule has 4 atom stereocenters. The standard InChI is InChI=1S/C25H33N3O5Si/c1-23(2,3)34(18-12-8-6-9-13-18,19-14-10-7-11-15-19)30-17-25(16-29)21(27-28-26)20-22(33-25)32-24(4,5)31-20/h6-15,20-22,29H,16-17H2,1-5H3/t20-,21+,22+,25-/m1/s1. The number of azide groups is 1. The molecular weight excluding hydrogens is 450 g/mol. The molecule has 0 unspecified atom stereocenters. The molecule has 34 heavy (non-hydrogen) atoms. The maximum Gasteiger partial charge on any atom is 0.261 e. The third kappa shape index (κ3) is 4.18. The maximum absolute atomic E-state index is 10.6. The second-order valence-corrected chi connectivity index (χ2v) is 14.7. The van der Waals surface area contributed by atoms with Gasteiger partial charge in [0.25, 0.3) is 8.32 Å². The summed E-state index contributed by atoms with van der Waals surface area (Å²) in [4.78, 5) is 3.03. The van der Waals surface area contributed by atoms with Gasteiger partial charge < -0.3 is 23.7 Å². The fourth-order valence-corrected chi connectivity index (χ4v) is 9.79. The summed E-state index contributed by atoms with van der Waals surface area (Å²) in [6.45, 7) is 9.69. The van der Waals surface area contributed by atoms with E-state index in [-0.39, 0.29) is 11.6 Å². The van der Waals surface area contributed by atoms with Crippen LogP contribution in [0.15, 0.2) is 65.8 Å². The maximum atomic E-state index is 10.6. The lowest BCUT2D eigenvalue weighted by Crippen LogP contribution is -2.68. The summed E-state index contributed by atoms with van der Waals surface area (Å²) in [5, 5.41) is 16.5. The molecule has 2 aromatic rings. The van der Waals surface area contributed by atoms with E-state index in [1.165, 1.54) is 0 Å². The van der Waals surface area contributed by atoms with Crippen molar-refractivity contribution in [2.75, 3.05) is 13.2 Å². The molecule has 0 amide bonds. The zero-order valence-corrected chi connectivity index (χ0v) is 21.3. The van der Waals surface area contributed by atoms with Crippen LogP contribution in [0.25, 0.3) is 10.4 Å². The van der Waals surface area contributed by atoms with Gasteiger partial charge in [0, 0.05) is 4.91 Å². The first kappa shape index (κ1) is 24.9. The second kappa shape index (κ2) is 9.09. The van der Waals surface area contributed by atoms with Crippen LogP contribution in [0.4, 0.5) is 0 Å². The number of fused-ring (bicyclic) bond motifs is 1. The predicted octanol–water partition coefficient (Wildman–Crippen LogP) is 3.48. The van der Waals surface area contributed by atoms with Crippen molar-refractivity contribution < 1.29 is 23.7 Å². The highest BCUT2D eigenvalue weighted by Crippen LogP contribution is 2.45. The van der Waals surface area contributed by atoms with Gasteiger partial charge in [-0.15, -0.1) is 0 Å². The van der Waals surface area contributed by atoms with Crippen molar-refractivity contribution in [2.45, 2.75) is 69.5 Å². The van der Waals surface area contributed by atoms with Crippen LogP contribution in [0.1, 0.15) is 34.6 Å². The summed E-state index contributed by atoms with van der Waals surface area (Å²) >= 11 is 0. The van der Waals surface area contributed by atoms with Crippen LogP contribution in [0.2, 0.25) is 5.04 Å². The van der Waals surface area contributed by atoms with Crippen LogP contribution in [-0.2, 0) is 18.6 Å². The van der Waals surface area contributed by atoms with Crippen LogP contribution in [0.5, 0.6) is 0 Å². The highest BCUT2D eigenvalue weighted by molar-refractivity contribution is 6.99. The Kier molecular flexibility index (Phi) is 6.65. The Morgan fingerprint density at radius 3 is 2.03 bits per heavy atom. The van der Waals surface area contributed by atoms with Gasteiger partial charge in [-0.25, -0.2) is 0 Å². The van der Waals surface area contributed by atoms with Crippen LogP contribution in [-0.4, -0.2) is 56.5 Å². The highest BCUT2D eigenvalue weighted by Gasteiger charge is 2.63. The van der Waals surface area contributed by atoms with E-state index in [1.807, 2.05) is 36.4 Å². The lowest BCUT2D eigenvalue weighted by Gasteiger charge is -2.45. The minimum Gasteiger partial charge on any atom is -0.404 e. The van der Waals surface area contributed by atoms with Crippen molar-refractivity contribution in [1.29, 1.82) is 0 Å². The van der Waals surface area contributed by atoms with Gasteiger partial charge in [0.1, 0.15) is 17.7 Å². The molecule has 2 aromatic carbocycles. The second-order valence-electron chi connectivity index (χ2n) is 10.4. The SMILES string of the molecule is CC1(C)O[C@H]2O[C@](CO)(CO[Si](c3ccccc3)(c3ccccc3)C(C)(C)C)[C@@H](N=[N+]=[N-])[C@H]2O1. The Morgan fingerprint density at radius 2 is 1.56 bits per heavy atom. The summed E-state index contributed by atoms with van der Waals surface area (Å²) in [7, 11) is -2.90. The minimum absolute atomic E-state index is 0.0145. The van der Waals surface area contributed by atoms with E-state index in [1.54, 1.807) is 13.8 Å². The Morgan fingerprint density at radius 1 is 1.00 bits per heavy atom. The molecule has 2 aliphatic rings. The molecule has 9 heteroatoms. The van der Waals surface area contributed by atoms with Gasteiger partial charge in [0.15, 0.2) is 12.1 Å². The molecule has 4 rings (SSSR count). The summed E-state index contributed by atoms with van der Waals surface area (Å²) in [5.41, 5.74) is 8.01. The largest absolute Gasteiger partial charge is 0.404 e. The summed E-state index contributed by atoms with van der Waals surface area (Å²) in [6.07, 6.45) is -1.40. The van der Waals surface area contributed by atoms with Crippen molar-refractivity contribution in [1.82, 2.24) is 0 Å². The summed E-state index contributed by atoms with van der Waals surface area (Å²) in [6, 6.07) is 19.6. The number of nitrogens with zero attached hydrogens (tertiary/aromatic N) is 3. The lowest BCUT2D eigenvalue weighted by atomic mass is 9.95. The molecule has 0 aromatic heterocycles. The van der Waals surface area contributed by atoms with E-state index in [2.05, 4.69) is 55.1 Å². The zero-order chi connectivity index (χ0) is 24.6. The van der Waals surface area contributed by atoms with E-state index < -0.39 is 44.7 Å². The average molecular weight is 484 g/mol. The van der Waals surface area contributed by atoms with Crippen LogP contribution >= 0.6 is 0 Å². The Bertz CT molecular complexity index is 1000. The molecule has 2 saturated heterocycles. The van der Waals surface area contributed by atoms with Crippen molar-refractivity contribution in [2.24, 2.45) is 5.11 Å². The molecule has 0 bridgehead atoms. The van der Waals surface area contributed by atoms with Gasteiger partial charge in [-0.3, -0.25) is 0 Å². The highest BCUT2D eigenvalue weighted by atomic mass is 28.4. The van der Waals surface area contributed by atoms with Crippen LogP contribution < -0.4 is 10.4 Å². The first-order valence-corrected chi connectivity index (χ1v) is 13.4. The molecule has 0 radical (unpaired) electrons. The predicted molar refractivity (Wildman–Crippen MR) is 131 cm³/mol. The Labute approximate surface area is 201 Å². The number of hydrogen-bond donors (Lipinski definition) is 1. The minimum atomic E-state index is -2.90. The fraction of sp³-hybridized carbons (Fsp3) is 0.520. The van der Waals surface area contributed by atoms with E-state index in [0.29, 0.717) is 0 Å². The molecule has 2 aliphatic heterocycles. The number of aliphatic hydroxyl groups is 1. The number of ether oxygens (including phenoxy) is 3. The third-order valence-corrected chi connectivity index (χ3v) is 11.7. The van der Waals surface area contributed by atoms with E-state index in [0.717, 1.165) is 10.4 Å². The molecule has 0 spiro atoms. The quantitative estimate of drug-likeness (QED) is 0.281. The van der Waals surface area contributed by atoms with Gasteiger partial charge in [-0.2, -0.15) is 0 Å². The smallest absolute Gasteiger partial charge is 0.261 e. The van der Waals surface area contributed by atoms with Crippen molar-refractivity contribution in [3.63, 3.8) is 0 Å². The van der Waals surface area contributed by atoms with Gasteiger partial charge in [0.05, 0.1) is 13.2 Å². The van der Waals surface area contributed by atoms with E-state index in [4.69, 9.17) is 18.6 Å². The molecular formula is C25H33N3O5Si. The van der Waals surface area contributed by atoms with Gasteiger partial charge >= 0.3 is 0 Å². The Hall–Kier alpha value is -2.23. The fourth-order valence-electron chi connectivity index (χ4n) is 5.18. The van der Waals surface area contributed by atoms with Crippen LogP contribution in [0, 0.1) is 0 Å². The Balaban J connectivity index is 1.78. The van der Waals surface area contributed by atoms with Gasteiger partial charge in [-0.1, -0.05) is 86.5 Å². The zero-order valence-electron chi connectivity index (χ0n) is 20.3. The molecule has 182 valence electrons. The van der Waals surface area contributed by atoms with Crippen LogP contribution in [0.3, 0.4) is 0 Å². The number of hydrogen-bond acceptors (Lipinski definition) is 6. The third-order valence-electron chi connectivity index (χ3n) is 6.68. The topological polar surface area (TPSA) is 106 Å². The summed E-state index contributed by atoms with van der Waals surface area (Å²) in [5.74, 6) is -0.876. The monoisotopic (exact) mass is 483 g/mol. The van der Waals surface area contributed by atoms with Gasteiger partial charge in [0.2, 0.25) is 0 Å². The van der Waals surface area contributed by atoms with E-state index >= 15 is 0 Å². The van der Waals surface area contributed by atoms with Crippen molar-refractivity contribution >= 4 is 18.7 Å². The number of benzene rings is 2. The molecule has 8 nitrogen and oxygen atoms in total. The van der Waals surface area contributed by atoms with Gasteiger partial charge in [-0.05, 0) is 34.8 Å². The molecule has 0 aliphatic carbocycles. The lowest BCUT2D eigenvalue weighted by molar-refractivity contribution is -0.238. The molecule has 2 fully saturated rings. The van der Waals surface area contributed by atoms with E-state index in [9.17, 15) is 10.6 Å². The number of rotatable bonds is 7. The molecule has 1 N–H and O–H groups in total. The number of aliphatic hydroxyl groups excluding tert-OH is 1. The molecule has 0 saturated carbocycles. The van der Waals surface area contributed by atoms with Crippen molar-refractivity contribution in [3.05, 3.63) is 71.1 Å². The normalized spacial score (nSPS) is 28.4. The van der Waals surface area contributed by atoms with Crippen molar-refractivity contribution in [3.8, 4) is 0 Å². The summed E-state index contributed by atoms with van der Waals surface area (Å²) < 4.78 is 25.1. The first-order chi connectivity index (χ1) is 16.1. The molecule has 2 heterocycles. The average Bonchev–Trinajstić information content (AvgIpc) is 3.24.